The van der Waals surface area contributed by atoms with E-state index in [1.807, 2.05) is 77.7 Å². The largest absolute Gasteiger partial charge is 0.491 e. The van der Waals surface area contributed by atoms with Gasteiger partial charge in [0.1, 0.15) is 18.5 Å². The summed E-state index contributed by atoms with van der Waals surface area (Å²) in [6.07, 6.45) is -0.635. The number of hydrogen-bond donors (Lipinski definition) is 2. The monoisotopic (exact) mass is 377 g/mol. The van der Waals surface area contributed by atoms with E-state index in [4.69, 9.17) is 4.74 Å². The topological polar surface area (TPSA) is 52.9 Å². The fraction of sp³-hybridized carbons (Fsp3) is 0.250. The molecule has 0 radical (unpaired) electrons. The minimum absolute atomic E-state index is 0.0569. The summed E-state index contributed by atoms with van der Waals surface area (Å²) in [5, 5.41) is 19.7. The molecule has 4 nitrogen and oxygen atoms in total. The van der Waals surface area contributed by atoms with Gasteiger partial charge in [0.05, 0.1) is 6.61 Å². The Morgan fingerprint density at radius 1 is 0.786 bits per heavy atom. The Balaban J connectivity index is 1.50. The smallest absolute Gasteiger partial charge is 0.119 e. The third kappa shape index (κ3) is 6.20. The maximum atomic E-state index is 10.4. The molecule has 0 heterocycles. The summed E-state index contributed by atoms with van der Waals surface area (Å²) >= 11 is 0. The predicted molar refractivity (Wildman–Crippen MR) is 112 cm³/mol. The van der Waals surface area contributed by atoms with Crippen LogP contribution in [0.25, 0.3) is 11.1 Å². The van der Waals surface area contributed by atoms with Gasteiger partial charge in [-0.05, 0) is 28.8 Å². The highest BCUT2D eigenvalue weighted by Crippen LogP contribution is 2.22. The fourth-order valence-electron chi connectivity index (χ4n) is 3.14. The minimum atomic E-state index is -0.635. The molecule has 1 atom stereocenters. The van der Waals surface area contributed by atoms with Crippen molar-refractivity contribution in [2.24, 2.45) is 0 Å². The van der Waals surface area contributed by atoms with E-state index in [2.05, 4.69) is 12.1 Å². The number of ether oxygens (including phenoxy) is 1. The van der Waals surface area contributed by atoms with Gasteiger partial charge in [-0.2, -0.15) is 0 Å². The SMILES string of the molecule is OCCN(Cc1ccccc1)C[C@@H](O)COc1ccc(-c2ccccc2)cc1. The lowest BCUT2D eigenvalue weighted by Crippen LogP contribution is -2.37. The summed E-state index contributed by atoms with van der Waals surface area (Å²) < 4.78 is 5.75. The zero-order valence-corrected chi connectivity index (χ0v) is 15.9. The third-order valence-electron chi connectivity index (χ3n) is 4.54. The molecule has 3 aromatic carbocycles. The molecule has 0 aromatic heterocycles. The molecule has 3 aromatic rings. The first kappa shape index (κ1) is 20.1. The van der Waals surface area contributed by atoms with Crippen molar-refractivity contribution in [2.45, 2.75) is 12.6 Å². The molecule has 0 saturated carbocycles. The second-order valence-corrected chi connectivity index (χ2v) is 6.80. The first-order chi connectivity index (χ1) is 13.7. The van der Waals surface area contributed by atoms with Crippen molar-refractivity contribution in [3.05, 3.63) is 90.5 Å². The van der Waals surface area contributed by atoms with Crippen molar-refractivity contribution < 1.29 is 14.9 Å². The normalized spacial score (nSPS) is 12.1. The molecule has 0 saturated heterocycles. The highest BCUT2D eigenvalue weighted by Gasteiger charge is 2.13. The van der Waals surface area contributed by atoms with Crippen LogP contribution in [0.3, 0.4) is 0 Å². The quantitative estimate of drug-likeness (QED) is 0.567. The van der Waals surface area contributed by atoms with Gasteiger partial charge in [-0.1, -0.05) is 72.8 Å². The molecule has 0 fully saturated rings. The summed E-state index contributed by atoms with van der Waals surface area (Å²) in [5.41, 5.74) is 3.45. The maximum Gasteiger partial charge on any atom is 0.119 e. The van der Waals surface area contributed by atoms with Crippen molar-refractivity contribution in [3.63, 3.8) is 0 Å². The van der Waals surface area contributed by atoms with Crippen molar-refractivity contribution in [3.8, 4) is 16.9 Å². The molecule has 0 aliphatic carbocycles. The predicted octanol–water partition coefficient (Wildman–Crippen LogP) is 3.59. The molecular formula is C24H27NO3. The van der Waals surface area contributed by atoms with Crippen LogP contribution in [0.2, 0.25) is 0 Å². The third-order valence-corrected chi connectivity index (χ3v) is 4.54. The molecular weight excluding hydrogens is 350 g/mol. The van der Waals surface area contributed by atoms with Crippen molar-refractivity contribution in [1.29, 1.82) is 0 Å². The second kappa shape index (κ2) is 10.6. The minimum Gasteiger partial charge on any atom is -0.491 e. The summed E-state index contributed by atoms with van der Waals surface area (Å²) in [4.78, 5) is 2.03. The summed E-state index contributed by atoms with van der Waals surface area (Å²) in [7, 11) is 0. The van der Waals surface area contributed by atoms with Crippen LogP contribution in [-0.4, -0.2) is 47.5 Å². The number of benzene rings is 3. The first-order valence-electron chi connectivity index (χ1n) is 9.58. The van der Waals surface area contributed by atoms with Gasteiger partial charge in [0, 0.05) is 19.6 Å². The lowest BCUT2D eigenvalue weighted by molar-refractivity contribution is 0.0590. The lowest BCUT2D eigenvalue weighted by Gasteiger charge is -2.24. The van der Waals surface area contributed by atoms with Gasteiger partial charge in [0.15, 0.2) is 0 Å². The molecule has 0 spiro atoms. The van der Waals surface area contributed by atoms with Gasteiger partial charge in [0.25, 0.3) is 0 Å². The summed E-state index contributed by atoms with van der Waals surface area (Å²) in [5.74, 6) is 0.732. The lowest BCUT2D eigenvalue weighted by atomic mass is 10.1. The molecule has 0 amide bonds. The van der Waals surface area contributed by atoms with Crippen LogP contribution >= 0.6 is 0 Å². The van der Waals surface area contributed by atoms with E-state index in [9.17, 15) is 10.2 Å². The summed E-state index contributed by atoms with van der Waals surface area (Å²) in [6, 6.07) is 28.1. The van der Waals surface area contributed by atoms with Crippen LogP contribution in [-0.2, 0) is 6.54 Å². The molecule has 0 aliphatic heterocycles. The van der Waals surface area contributed by atoms with Crippen LogP contribution in [0.15, 0.2) is 84.9 Å². The van der Waals surface area contributed by atoms with Crippen LogP contribution in [0.5, 0.6) is 5.75 Å². The van der Waals surface area contributed by atoms with E-state index in [0.717, 1.165) is 22.4 Å². The van der Waals surface area contributed by atoms with Crippen LogP contribution < -0.4 is 4.74 Å². The van der Waals surface area contributed by atoms with Gasteiger partial charge in [-0.3, -0.25) is 4.90 Å². The summed E-state index contributed by atoms with van der Waals surface area (Å²) in [6.45, 7) is 1.91. The van der Waals surface area contributed by atoms with Crippen molar-refractivity contribution in [1.82, 2.24) is 4.90 Å². The molecule has 0 aliphatic rings. The number of nitrogens with zero attached hydrogens (tertiary/aromatic N) is 1. The molecule has 28 heavy (non-hydrogen) atoms. The number of hydrogen-bond acceptors (Lipinski definition) is 4. The Morgan fingerprint density at radius 2 is 1.39 bits per heavy atom. The Labute approximate surface area is 166 Å². The van der Waals surface area contributed by atoms with Gasteiger partial charge < -0.3 is 14.9 Å². The fourth-order valence-corrected chi connectivity index (χ4v) is 3.14. The second-order valence-electron chi connectivity index (χ2n) is 6.80. The molecule has 0 unspecified atom stereocenters. The van der Waals surface area contributed by atoms with Gasteiger partial charge in [0.2, 0.25) is 0 Å². The number of aliphatic hydroxyl groups is 2. The number of rotatable bonds is 10. The molecule has 3 rings (SSSR count). The van der Waals surface area contributed by atoms with Crippen LogP contribution in [0.1, 0.15) is 5.56 Å². The van der Waals surface area contributed by atoms with E-state index in [-0.39, 0.29) is 13.2 Å². The van der Waals surface area contributed by atoms with Crippen molar-refractivity contribution in [2.75, 3.05) is 26.3 Å². The molecule has 0 bridgehead atoms. The van der Waals surface area contributed by atoms with E-state index in [1.54, 1.807) is 0 Å². The van der Waals surface area contributed by atoms with Crippen LogP contribution in [0.4, 0.5) is 0 Å². The Kier molecular flexibility index (Phi) is 7.62. The average molecular weight is 377 g/mol. The Morgan fingerprint density at radius 3 is 2.04 bits per heavy atom. The average Bonchev–Trinajstić information content (AvgIpc) is 2.74. The van der Waals surface area contributed by atoms with E-state index in [0.29, 0.717) is 19.6 Å². The number of aliphatic hydroxyl groups excluding tert-OH is 2. The van der Waals surface area contributed by atoms with Gasteiger partial charge in [-0.15, -0.1) is 0 Å². The standard InChI is InChI=1S/C24H27NO3/c26-16-15-25(17-20-7-3-1-4-8-20)18-23(27)19-28-24-13-11-22(12-14-24)21-9-5-2-6-10-21/h1-14,23,26-27H,15-19H2/t23-/m1/s1. The highest BCUT2D eigenvalue weighted by atomic mass is 16.5. The van der Waals surface area contributed by atoms with E-state index in [1.165, 1.54) is 0 Å². The zero-order valence-electron chi connectivity index (χ0n) is 15.9. The molecule has 2 N–H and O–H groups in total. The van der Waals surface area contributed by atoms with Gasteiger partial charge >= 0.3 is 0 Å². The molecule has 4 heteroatoms. The zero-order chi connectivity index (χ0) is 19.6. The molecule has 146 valence electrons. The van der Waals surface area contributed by atoms with Crippen molar-refractivity contribution >= 4 is 0 Å². The maximum absolute atomic E-state index is 10.4. The first-order valence-corrected chi connectivity index (χ1v) is 9.58. The van der Waals surface area contributed by atoms with E-state index < -0.39 is 6.10 Å². The van der Waals surface area contributed by atoms with Gasteiger partial charge in [-0.25, -0.2) is 0 Å². The Hall–Kier alpha value is -2.66. The van der Waals surface area contributed by atoms with E-state index >= 15 is 0 Å². The Bertz CT molecular complexity index is 806. The van der Waals surface area contributed by atoms with Crippen LogP contribution in [0, 0.1) is 0 Å². The highest BCUT2D eigenvalue weighted by molar-refractivity contribution is 5.63.